The predicted molar refractivity (Wildman–Crippen MR) is 106 cm³/mol. The predicted octanol–water partition coefficient (Wildman–Crippen LogP) is 3.90. The molecule has 1 aromatic carbocycles. The van der Waals surface area contributed by atoms with Crippen LogP contribution in [0.15, 0.2) is 24.3 Å². The molecule has 3 nitrogen and oxygen atoms in total. The summed E-state index contributed by atoms with van der Waals surface area (Å²) in [4.78, 5) is 8.65. The maximum Gasteiger partial charge on any atom is 0.201 e. The summed E-state index contributed by atoms with van der Waals surface area (Å²) in [6.45, 7) is 10.8. The maximum absolute atomic E-state index is 5.00. The summed E-state index contributed by atoms with van der Waals surface area (Å²) in [6, 6.07) is 9.03. The van der Waals surface area contributed by atoms with Gasteiger partial charge in [-0.1, -0.05) is 0 Å². The van der Waals surface area contributed by atoms with Crippen molar-refractivity contribution in [2.75, 3.05) is 32.1 Å². The number of aromatic nitrogens is 1. The minimum Gasteiger partial charge on any atom is -0.372 e. The summed E-state index contributed by atoms with van der Waals surface area (Å²) >= 11 is 1.85. The van der Waals surface area contributed by atoms with Crippen molar-refractivity contribution in [2.24, 2.45) is 0 Å². The van der Waals surface area contributed by atoms with E-state index in [1.165, 1.54) is 31.7 Å². The Kier molecular flexibility index (Phi) is 4.59. The van der Waals surface area contributed by atoms with Gasteiger partial charge in [0.2, 0.25) is 5.36 Å². The third-order valence-corrected chi connectivity index (χ3v) is 5.65. The van der Waals surface area contributed by atoms with Crippen LogP contribution in [0.25, 0.3) is 20.8 Å². The Morgan fingerprint density at radius 1 is 1.00 bits per heavy atom. The highest BCUT2D eigenvalue weighted by Crippen LogP contribution is 2.35. The third kappa shape index (κ3) is 2.91. The highest BCUT2D eigenvalue weighted by Gasteiger charge is 2.15. The van der Waals surface area contributed by atoms with Gasteiger partial charge in [-0.3, -0.25) is 0 Å². The summed E-state index contributed by atoms with van der Waals surface area (Å²) in [5.74, 6) is 0. The number of hydrogen-bond acceptors (Lipinski definition) is 3. The molecule has 1 aliphatic heterocycles. The number of fused-ring (bicyclic) bond motifs is 2. The van der Waals surface area contributed by atoms with Crippen molar-refractivity contribution in [3.05, 3.63) is 40.7 Å². The summed E-state index contributed by atoms with van der Waals surface area (Å²) in [5, 5.41) is 1.23. The third-order valence-electron chi connectivity index (χ3n) is 4.59. The molecule has 1 aromatic rings. The molecule has 0 saturated heterocycles. The highest BCUT2D eigenvalue weighted by atomic mass is 32.1. The summed E-state index contributed by atoms with van der Waals surface area (Å²) < 4.78 is 3.42. The zero-order chi connectivity index (χ0) is 17.4. The molecule has 0 atom stereocenters. The average molecular weight is 341 g/mol. The second kappa shape index (κ2) is 6.52. The molecule has 0 radical (unpaired) electrons. The van der Waals surface area contributed by atoms with Crippen LogP contribution in [-0.4, -0.2) is 32.2 Å². The molecule has 0 N–H and O–H groups in total. The van der Waals surface area contributed by atoms with Gasteiger partial charge >= 0.3 is 0 Å². The molecule has 0 amide bonds. The van der Waals surface area contributed by atoms with Crippen molar-refractivity contribution in [1.29, 1.82) is 0 Å². The van der Waals surface area contributed by atoms with Gasteiger partial charge in [-0.15, -0.1) is 11.3 Å². The number of hydrogen-bond donors (Lipinski definition) is 0. The number of anilines is 1. The smallest absolute Gasteiger partial charge is 0.201 e. The first kappa shape index (κ1) is 16.9. The van der Waals surface area contributed by atoms with E-state index in [4.69, 9.17) is 4.98 Å². The monoisotopic (exact) mass is 340 g/mol. The molecule has 0 spiro atoms. The Labute approximate surface area is 148 Å². The fraction of sp³-hybridized carbons (Fsp3) is 0.400. The Bertz CT molecular complexity index is 932. The van der Waals surface area contributed by atoms with Crippen molar-refractivity contribution >= 4 is 27.2 Å². The van der Waals surface area contributed by atoms with Crippen LogP contribution < -0.4 is 14.8 Å². The van der Waals surface area contributed by atoms with E-state index < -0.39 is 0 Å². The summed E-state index contributed by atoms with van der Waals surface area (Å²) in [7, 11) is 4.17. The van der Waals surface area contributed by atoms with Crippen LogP contribution in [0.4, 0.5) is 5.69 Å². The lowest BCUT2D eigenvalue weighted by molar-refractivity contribution is 0.812. The van der Waals surface area contributed by atoms with Crippen LogP contribution in [0, 0.1) is 13.8 Å². The maximum atomic E-state index is 5.00. The molecular weight excluding hydrogens is 314 g/mol. The Morgan fingerprint density at radius 2 is 1.71 bits per heavy atom. The molecule has 1 aliphatic carbocycles. The van der Waals surface area contributed by atoms with Crippen molar-refractivity contribution < 1.29 is 0 Å². The molecule has 24 heavy (non-hydrogen) atoms. The van der Waals surface area contributed by atoms with Gasteiger partial charge in [0.1, 0.15) is 14.1 Å². The lowest BCUT2D eigenvalue weighted by Crippen LogP contribution is -2.22. The van der Waals surface area contributed by atoms with Crippen molar-refractivity contribution in [3.63, 3.8) is 0 Å². The highest BCUT2D eigenvalue weighted by molar-refractivity contribution is 7.21. The molecule has 0 saturated carbocycles. The number of nitrogens with zero attached hydrogens (tertiary/aromatic N) is 3. The van der Waals surface area contributed by atoms with Crippen LogP contribution in [0.2, 0.25) is 0 Å². The molecule has 2 aliphatic rings. The van der Waals surface area contributed by atoms with Crippen molar-refractivity contribution in [1.82, 2.24) is 9.56 Å². The molecule has 0 bridgehead atoms. The van der Waals surface area contributed by atoms with Gasteiger partial charge in [-0.2, -0.15) is 0 Å². The van der Waals surface area contributed by atoms with Crippen LogP contribution in [0.3, 0.4) is 0 Å². The van der Waals surface area contributed by atoms with Crippen LogP contribution in [0.1, 0.15) is 25.0 Å². The quantitative estimate of drug-likeness (QED) is 0.532. The van der Waals surface area contributed by atoms with E-state index in [1.807, 2.05) is 11.3 Å². The molecule has 4 heteroatoms. The lowest BCUT2D eigenvalue weighted by atomic mass is 10.1. The standard InChI is InChI=1S/C20H26N3S/c1-7-23(8-2)16-10-14(4)20-18(12-16)24-17-11-15(22(5)6)9-13(3)19(17)21-20/h9-12H,7-8H2,1-6H3/q+1. The molecular formula is C20H26N3S+. The lowest BCUT2D eigenvalue weighted by Gasteiger charge is -2.22. The fourth-order valence-electron chi connectivity index (χ4n) is 3.16. The molecule has 0 fully saturated rings. The minimum absolute atomic E-state index is 1.02. The van der Waals surface area contributed by atoms with Crippen LogP contribution in [0.5, 0.6) is 0 Å². The van der Waals surface area contributed by atoms with Crippen LogP contribution >= 0.6 is 11.3 Å². The SMILES string of the molecule is CCN(CC)c1cc(C)c2nc3c(C)cc(=[N+](C)C)cc-3sc2c1. The van der Waals surface area contributed by atoms with Gasteiger partial charge < -0.3 is 4.90 Å². The topological polar surface area (TPSA) is 19.1 Å². The Morgan fingerprint density at radius 3 is 2.33 bits per heavy atom. The number of rotatable bonds is 3. The average Bonchev–Trinajstić information content (AvgIpc) is 2.54. The second-order valence-corrected chi connectivity index (χ2v) is 7.58. The van der Waals surface area contributed by atoms with Crippen molar-refractivity contribution in [2.45, 2.75) is 27.7 Å². The van der Waals surface area contributed by atoms with E-state index in [0.717, 1.165) is 24.3 Å². The van der Waals surface area contributed by atoms with Gasteiger partial charge in [0.15, 0.2) is 0 Å². The van der Waals surface area contributed by atoms with E-state index in [9.17, 15) is 0 Å². The first-order valence-corrected chi connectivity index (χ1v) is 9.37. The summed E-state index contributed by atoms with van der Waals surface area (Å²) in [6.07, 6.45) is 0. The number of benzene rings is 2. The Hall–Kier alpha value is -1.94. The minimum atomic E-state index is 1.02. The van der Waals surface area contributed by atoms with Gasteiger partial charge in [-0.05, 0) is 51.0 Å². The second-order valence-electron chi connectivity index (χ2n) is 6.50. The zero-order valence-corrected chi connectivity index (χ0v) is 16.3. The van der Waals surface area contributed by atoms with E-state index in [1.54, 1.807) is 0 Å². The largest absolute Gasteiger partial charge is 0.372 e. The summed E-state index contributed by atoms with van der Waals surface area (Å²) in [5.41, 5.74) is 6.04. The van der Waals surface area contributed by atoms with Gasteiger partial charge in [0.25, 0.3) is 0 Å². The first-order chi connectivity index (χ1) is 11.4. The molecule has 3 rings (SSSR count). The fourth-order valence-corrected chi connectivity index (χ4v) is 4.36. The van der Waals surface area contributed by atoms with E-state index in [-0.39, 0.29) is 0 Å². The van der Waals surface area contributed by atoms with Gasteiger partial charge in [0, 0.05) is 30.9 Å². The van der Waals surface area contributed by atoms with E-state index >= 15 is 0 Å². The van der Waals surface area contributed by atoms with Gasteiger partial charge in [0.05, 0.1) is 20.8 Å². The molecule has 126 valence electrons. The molecule has 0 unspecified atom stereocenters. The molecule has 0 aromatic heterocycles. The first-order valence-electron chi connectivity index (χ1n) is 8.55. The van der Waals surface area contributed by atoms with E-state index in [0.29, 0.717) is 0 Å². The van der Waals surface area contributed by atoms with Crippen molar-refractivity contribution in [3.8, 4) is 10.6 Å². The Balaban J connectivity index is 2.34. The molecule has 1 heterocycles. The zero-order valence-electron chi connectivity index (χ0n) is 15.5. The normalized spacial score (nSPS) is 11.2. The van der Waals surface area contributed by atoms with E-state index in [2.05, 4.69) is 75.5 Å². The van der Waals surface area contributed by atoms with Crippen LogP contribution in [-0.2, 0) is 0 Å². The number of aryl methyl sites for hydroxylation is 2. The van der Waals surface area contributed by atoms with Gasteiger partial charge in [-0.25, -0.2) is 9.56 Å².